The van der Waals surface area contributed by atoms with Gasteiger partial charge >= 0.3 is 6.09 Å². The summed E-state index contributed by atoms with van der Waals surface area (Å²) in [5.41, 5.74) is 7.96. The second kappa shape index (κ2) is 5.30. The number of thiazole rings is 1. The number of carboxylic acid groups (broad SMARTS) is 1. The number of nitrogens with zero attached hydrogens (tertiary/aromatic N) is 4. The number of rotatable bonds is 3. The van der Waals surface area contributed by atoms with Gasteiger partial charge in [0.15, 0.2) is 5.82 Å². The van der Waals surface area contributed by atoms with E-state index in [4.69, 9.17) is 10.8 Å². The Bertz CT molecular complexity index is 829. The van der Waals surface area contributed by atoms with Crippen LogP contribution in [0.1, 0.15) is 5.01 Å². The molecule has 0 bridgehead atoms. The molecule has 3 rings (SSSR count). The summed E-state index contributed by atoms with van der Waals surface area (Å²) in [5, 5.41) is 17.6. The third-order valence-electron chi connectivity index (χ3n) is 2.74. The summed E-state index contributed by atoms with van der Waals surface area (Å²) in [7, 11) is 0. The standard InChI is InChI=1S/C11H9BrN6O2S/c12-5-1-7(18-9(5)10(13)15-4-16-18)6-3-21-8(17-6)2-14-11(19)20/h1,3-4,14H,2H2,(H,19,20)(H2,13,15,16). The Morgan fingerprint density at radius 2 is 2.38 bits per heavy atom. The van der Waals surface area contributed by atoms with Gasteiger partial charge in [0.2, 0.25) is 0 Å². The average molecular weight is 369 g/mol. The molecule has 8 nitrogen and oxygen atoms in total. The first-order valence-corrected chi connectivity index (χ1v) is 7.43. The van der Waals surface area contributed by atoms with E-state index >= 15 is 0 Å². The molecule has 4 N–H and O–H groups in total. The zero-order valence-corrected chi connectivity index (χ0v) is 12.8. The summed E-state index contributed by atoms with van der Waals surface area (Å²) < 4.78 is 2.42. The predicted molar refractivity (Wildman–Crippen MR) is 81.1 cm³/mol. The number of anilines is 1. The van der Waals surface area contributed by atoms with E-state index in [9.17, 15) is 4.79 Å². The number of nitrogen functional groups attached to an aromatic ring is 1. The fraction of sp³-hybridized carbons (Fsp3) is 0.0909. The Morgan fingerprint density at radius 3 is 3.14 bits per heavy atom. The molecule has 10 heteroatoms. The van der Waals surface area contributed by atoms with Crippen molar-refractivity contribution in [3.63, 3.8) is 0 Å². The summed E-state index contributed by atoms with van der Waals surface area (Å²) in [5.74, 6) is 0.367. The molecule has 3 aromatic heterocycles. The van der Waals surface area contributed by atoms with Crippen LogP contribution in [-0.2, 0) is 6.54 Å². The van der Waals surface area contributed by atoms with Crippen molar-refractivity contribution in [3.8, 4) is 11.4 Å². The van der Waals surface area contributed by atoms with E-state index in [1.165, 1.54) is 17.7 Å². The van der Waals surface area contributed by atoms with Crippen LogP contribution < -0.4 is 11.1 Å². The lowest BCUT2D eigenvalue weighted by atomic mass is 10.3. The first kappa shape index (κ1) is 13.8. The Morgan fingerprint density at radius 1 is 1.57 bits per heavy atom. The Labute approximate surface area is 130 Å². The molecule has 108 valence electrons. The van der Waals surface area contributed by atoms with Gasteiger partial charge in [-0.15, -0.1) is 11.3 Å². The first-order valence-electron chi connectivity index (χ1n) is 5.75. The topological polar surface area (TPSA) is 118 Å². The van der Waals surface area contributed by atoms with Crippen LogP contribution in [0.5, 0.6) is 0 Å². The van der Waals surface area contributed by atoms with Gasteiger partial charge in [-0.2, -0.15) is 5.10 Å². The summed E-state index contributed by atoms with van der Waals surface area (Å²) in [6.07, 6.45) is 0.292. The highest BCUT2D eigenvalue weighted by molar-refractivity contribution is 9.10. The fourth-order valence-electron chi connectivity index (χ4n) is 1.87. The smallest absolute Gasteiger partial charge is 0.405 e. The van der Waals surface area contributed by atoms with Gasteiger partial charge in [0.25, 0.3) is 0 Å². The molecule has 0 aliphatic heterocycles. The molecule has 0 saturated heterocycles. The van der Waals surface area contributed by atoms with Gasteiger partial charge in [-0.05, 0) is 22.0 Å². The molecule has 0 saturated carbocycles. The van der Waals surface area contributed by atoms with E-state index in [2.05, 4.69) is 36.3 Å². The minimum atomic E-state index is -1.08. The summed E-state index contributed by atoms with van der Waals surface area (Å²) in [6.45, 7) is 0.168. The summed E-state index contributed by atoms with van der Waals surface area (Å²) in [6, 6.07) is 1.85. The molecule has 0 aliphatic carbocycles. The number of halogens is 1. The fourth-order valence-corrected chi connectivity index (χ4v) is 3.18. The molecule has 0 atom stereocenters. The SMILES string of the molecule is Nc1ncnn2c(-c3csc(CNC(=O)O)n3)cc(Br)c12. The van der Waals surface area contributed by atoms with Gasteiger partial charge in [0.1, 0.15) is 22.5 Å². The van der Waals surface area contributed by atoms with Crippen LogP contribution in [0.3, 0.4) is 0 Å². The molecule has 0 aromatic carbocycles. The average Bonchev–Trinajstić information content (AvgIpc) is 3.02. The number of nitrogens with two attached hydrogens (primary N) is 1. The van der Waals surface area contributed by atoms with E-state index < -0.39 is 6.09 Å². The number of nitrogens with one attached hydrogen (secondary N) is 1. The van der Waals surface area contributed by atoms with E-state index in [1.54, 1.807) is 4.52 Å². The zero-order valence-electron chi connectivity index (χ0n) is 10.4. The summed E-state index contributed by atoms with van der Waals surface area (Å²) in [4.78, 5) is 18.8. The van der Waals surface area contributed by atoms with Gasteiger partial charge in [-0.25, -0.2) is 19.3 Å². The zero-order chi connectivity index (χ0) is 15.0. The van der Waals surface area contributed by atoms with Gasteiger partial charge in [0.05, 0.1) is 12.2 Å². The highest BCUT2D eigenvalue weighted by atomic mass is 79.9. The second-order valence-electron chi connectivity index (χ2n) is 4.07. The number of hydrogen-bond donors (Lipinski definition) is 3. The van der Waals surface area contributed by atoms with E-state index in [0.717, 1.165) is 10.2 Å². The van der Waals surface area contributed by atoms with Gasteiger partial charge in [-0.1, -0.05) is 0 Å². The third kappa shape index (κ3) is 2.54. The Kier molecular flexibility index (Phi) is 3.47. The van der Waals surface area contributed by atoms with Crippen LogP contribution in [0, 0.1) is 0 Å². The van der Waals surface area contributed by atoms with Crippen molar-refractivity contribution >= 4 is 44.7 Å². The van der Waals surface area contributed by atoms with Crippen LogP contribution >= 0.6 is 27.3 Å². The van der Waals surface area contributed by atoms with Crippen molar-refractivity contribution in [3.05, 3.63) is 27.3 Å². The lowest BCUT2D eigenvalue weighted by molar-refractivity contribution is 0.194. The maximum absolute atomic E-state index is 10.5. The number of hydrogen-bond acceptors (Lipinski definition) is 6. The lowest BCUT2D eigenvalue weighted by Gasteiger charge is -2.00. The van der Waals surface area contributed by atoms with Gasteiger partial charge in [0, 0.05) is 9.85 Å². The molecule has 0 aliphatic rings. The van der Waals surface area contributed by atoms with Crippen LogP contribution in [-0.4, -0.2) is 30.8 Å². The molecule has 1 amide bonds. The number of carbonyl (C=O) groups is 1. The van der Waals surface area contributed by atoms with E-state index in [-0.39, 0.29) is 6.54 Å². The maximum Gasteiger partial charge on any atom is 0.405 e. The Balaban J connectivity index is 2.01. The van der Waals surface area contributed by atoms with Crippen LogP contribution in [0.4, 0.5) is 10.6 Å². The van der Waals surface area contributed by atoms with E-state index in [1.807, 2.05) is 11.4 Å². The lowest BCUT2D eigenvalue weighted by Crippen LogP contribution is -2.19. The number of fused-ring (bicyclic) bond motifs is 1. The normalized spacial score (nSPS) is 10.9. The first-order chi connectivity index (χ1) is 10.1. The monoisotopic (exact) mass is 368 g/mol. The van der Waals surface area contributed by atoms with E-state index in [0.29, 0.717) is 22.0 Å². The molecule has 0 fully saturated rings. The highest BCUT2D eigenvalue weighted by Crippen LogP contribution is 2.31. The van der Waals surface area contributed by atoms with Gasteiger partial charge in [-0.3, -0.25) is 0 Å². The van der Waals surface area contributed by atoms with Crippen LogP contribution in [0.25, 0.3) is 16.9 Å². The molecule has 0 spiro atoms. The van der Waals surface area contributed by atoms with Crippen molar-refractivity contribution in [1.82, 2.24) is 24.9 Å². The maximum atomic E-state index is 10.5. The quantitative estimate of drug-likeness (QED) is 0.650. The van der Waals surface area contributed by atoms with Crippen molar-refractivity contribution in [2.24, 2.45) is 0 Å². The third-order valence-corrected chi connectivity index (χ3v) is 4.19. The molecule has 21 heavy (non-hydrogen) atoms. The van der Waals surface area contributed by atoms with Crippen molar-refractivity contribution in [2.45, 2.75) is 6.54 Å². The molecule has 0 radical (unpaired) electrons. The van der Waals surface area contributed by atoms with Crippen molar-refractivity contribution in [2.75, 3.05) is 5.73 Å². The van der Waals surface area contributed by atoms with Crippen molar-refractivity contribution in [1.29, 1.82) is 0 Å². The van der Waals surface area contributed by atoms with Crippen LogP contribution in [0.2, 0.25) is 0 Å². The number of aromatic nitrogens is 4. The molecular weight excluding hydrogens is 360 g/mol. The van der Waals surface area contributed by atoms with Crippen molar-refractivity contribution < 1.29 is 9.90 Å². The number of amides is 1. The summed E-state index contributed by atoms with van der Waals surface area (Å²) >= 11 is 4.80. The Hall–Kier alpha value is -2.20. The molecule has 3 aromatic rings. The largest absolute Gasteiger partial charge is 0.465 e. The molecular formula is C11H9BrN6O2S. The highest BCUT2D eigenvalue weighted by Gasteiger charge is 2.15. The van der Waals surface area contributed by atoms with Gasteiger partial charge < -0.3 is 16.2 Å². The molecule has 0 unspecified atom stereocenters. The predicted octanol–water partition coefficient (Wildman–Crippen LogP) is 1.97. The van der Waals surface area contributed by atoms with Crippen LogP contribution in [0.15, 0.2) is 22.2 Å². The minimum Gasteiger partial charge on any atom is -0.465 e. The molecule has 3 heterocycles. The second-order valence-corrected chi connectivity index (χ2v) is 5.87. The minimum absolute atomic E-state index is 0.168.